The number of carbonyl (C=O) groups is 1. The summed E-state index contributed by atoms with van der Waals surface area (Å²) in [4.78, 5) is 13.9. The van der Waals surface area contributed by atoms with Gasteiger partial charge in [0.2, 0.25) is 5.91 Å². The second-order valence-electron chi connectivity index (χ2n) is 5.10. The summed E-state index contributed by atoms with van der Waals surface area (Å²) in [5, 5.41) is 3.95. The summed E-state index contributed by atoms with van der Waals surface area (Å²) in [7, 11) is 0. The Morgan fingerprint density at radius 3 is 2.50 bits per heavy atom. The predicted octanol–water partition coefficient (Wildman–Crippen LogP) is 2.16. The van der Waals surface area contributed by atoms with E-state index in [0.717, 1.165) is 43.1 Å². The van der Waals surface area contributed by atoms with Crippen LogP contribution in [0, 0.1) is 13.8 Å². The second kappa shape index (κ2) is 6.95. The molecule has 1 saturated heterocycles. The summed E-state index contributed by atoms with van der Waals surface area (Å²) < 4.78 is 5.76. The lowest BCUT2D eigenvalue weighted by Gasteiger charge is -2.27. The highest BCUT2D eigenvalue weighted by Crippen LogP contribution is 2.27. The van der Waals surface area contributed by atoms with Gasteiger partial charge in [-0.05, 0) is 37.1 Å². The number of amides is 1. The maximum Gasteiger partial charge on any atom is 0.226 e. The minimum atomic E-state index is 0.163. The Kier molecular flexibility index (Phi) is 5.26. The van der Waals surface area contributed by atoms with Crippen LogP contribution in [-0.4, -0.2) is 43.6 Å². The molecule has 1 heterocycles. The Hall–Kier alpha value is -1.26. The molecule has 1 amide bonds. The van der Waals surface area contributed by atoms with Crippen molar-refractivity contribution in [2.45, 2.75) is 20.3 Å². The van der Waals surface area contributed by atoms with Crippen LogP contribution in [-0.2, 0) is 4.79 Å². The molecule has 0 aliphatic carbocycles. The third kappa shape index (κ3) is 3.87. The molecule has 0 radical (unpaired) electrons. The number of aryl methyl sites for hydroxylation is 2. The van der Waals surface area contributed by atoms with Gasteiger partial charge in [-0.1, -0.05) is 11.6 Å². The molecule has 1 aliphatic rings. The van der Waals surface area contributed by atoms with E-state index in [2.05, 4.69) is 5.32 Å². The first kappa shape index (κ1) is 15.1. The summed E-state index contributed by atoms with van der Waals surface area (Å²) in [5.74, 6) is 0.998. The van der Waals surface area contributed by atoms with Crippen LogP contribution in [0.1, 0.15) is 17.5 Å². The molecule has 2 rings (SSSR count). The average molecular weight is 297 g/mol. The van der Waals surface area contributed by atoms with Crippen LogP contribution in [0.25, 0.3) is 0 Å². The number of rotatable bonds is 4. The van der Waals surface area contributed by atoms with Gasteiger partial charge < -0.3 is 15.0 Å². The number of carbonyl (C=O) groups excluding carboxylic acids is 1. The van der Waals surface area contributed by atoms with E-state index in [1.807, 2.05) is 30.9 Å². The number of halogens is 1. The van der Waals surface area contributed by atoms with Crippen LogP contribution in [0.3, 0.4) is 0 Å². The van der Waals surface area contributed by atoms with Crippen molar-refractivity contribution >= 4 is 17.5 Å². The standard InChI is InChI=1S/C15H21ClN2O2/c1-11-9-13(16)10-12(2)15(11)20-8-3-14(19)18-6-4-17-5-7-18/h9-10,17H,3-8H2,1-2H3. The normalized spacial score (nSPS) is 15.2. The van der Waals surface area contributed by atoms with Crippen LogP contribution in [0.15, 0.2) is 12.1 Å². The maximum atomic E-state index is 12.0. The van der Waals surface area contributed by atoms with Crippen LogP contribution < -0.4 is 10.1 Å². The number of benzene rings is 1. The molecule has 20 heavy (non-hydrogen) atoms. The number of ether oxygens (including phenoxy) is 1. The fraction of sp³-hybridized carbons (Fsp3) is 0.533. The van der Waals surface area contributed by atoms with Crippen molar-refractivity contribution in [3.63, 3.8) is 0 Å². The Bertz CT molecular complexity index is 462. The third-order valence-corrected chi connectivity index (χ3v) is 3.68. The van der Waals surface area contributed by atoms with E-state index in [1.54, 1.807) is 0 Å². The van der Waals surface area contributed by atoms with E-state index < -0.39 is 0 Å². The molecule has 0 saturated carbocycles. The molecule has 0 aromatic heterocycles. The molecule has 0 bridgehead atoms. The summed E-state index contributed by atoms with van der Waals surface area (Å²) in [6.45, 7) is 7.67. The smallest absolute Gasteiger partial charge is 0.226 e. The topological polar surface area (TPSA) is 41.6 Å². The van der Waals surface area contributed by atoms with Gasteiger partial charge in [-0.3, -0.25) is 4.79 Å². The molecule has 1 aromatic carbocycles. The monoisotopic (exact) mass is 296 g/mol. The first-order valence-electron chi connectivity index (χ1n) is 6.96. The first-order chi connectivity index (χ1) is 9.58. The molecular formula is C15H21ClN2O2. The molecule has 1 fully saturated rings. The van der Waals surface area contributed by atoms with Gasteiger partial charge in [-0.15, -0.1) is 0 Å². The van der Waals surface area contributed by atoms with Gasteiger partial charge in [0, 0.05) is 31.2 Å². The molecule has 1 aliphatic heterocycles. The van der Waals surface area contributed by atoms with Crippen molar-refractivity contribution in [3.8, 4) is 5.75 Å². The molecule has 1 N–H and O–H groups in total. The maximum absolute atomic E-state index is 12.0. The van der Waals surface area contributed by atoms with Crippen molar-refractivity contribution in [2.24, 2.45) is 0 Å². The van der Waals surface area contributed by atoms with Crippen LogP contribution in [0.5, 0.6) is 5.75 Å². The Balaban J connectivity index is 1.85. The van der Waals surface area contributed by atoms with Crippen LogP contribution in [0.4, 0.5) is 0 Å². The van der Waals surface area contributed by atoms with E-state index in [0.29, 0.717) is 18.1 Å². The first-order valence-corrected chi connectivity index (χ1v) is 7.34. The van der Waals surface area contributed by atoms with Gasteiger partial charge in [0.25, 0.3) is 0 Å². The number of hydrogen-bond donors (Lipinski definition) is 1. The lowest BCUT2D eigenvalue weighted by Crippen LogP contribution is -2.46. The molecule has 5 heteroatoms. The number of hydrogen-bond acceptors (Lipinski definition) is 3. The van der Waals surface area contributed by atoms with Gasteiger partial charge in [0.15, 0.2) is 0 Å². The van der Waals surface area contributed by atoms with E-state index >= 15 is 0 Å². The Morgan fingerprint density at radius 1 is 1.30 bits per heavy atom. The second-order valence-corrected chi connectivity index (χ2v) is 5.53. The van der Waals surface area contributed by atoms with E-state index in [4.69, 9.17) is 16.3 Å². The van der Waals surface area contributed by atoms with Crippen molar-refractivity contribution in [3.05, 3.63) is 28.3 Å². The molecule has 0 unspecified atom stereocenters. The molecule has 0 spiro atoms. The highest BCUT2D eigenvalue weighted by Gasteiger charge is 2.16. The summed E-state index contributed by atoms with van der Waals surface area (Å²) in [6, 6.07) is 3.75. The van der Waals surface area contributed by atoms with Crippen molar-refractivity contribution in [2.75, 3.05) is 32.8 Å². The zero-order chi connectivity index (χ0) is 14.5. The number of nitrogens with one attached hydrogen (secondary N) is 1. The van der Waals surface area contributed by atoms with Gasteiger partial charge in [-0.25, -0.2) is 0 Å². The van der Waals surface area contributed by atoms with Crippen molar-refractivity contribution in [1.82, 2.24) is 10.2 Å². The van der Waals surface area contributed by atoms with E-state index in [1.165, 1.54) is 0 Å². The SMILES string of the molecule is Cc1cc(Cl)cc(C)c1OCCC(=O)N1CCNCC1. The van der Waals surface area contributed by atoms with Gasteiger partial charge in [-0.2, -0.15) is 0 Å². The summed E-state index contributed by atoms with van der Waals surface area (Å²) in [6.07, 6.45) is 0.418. The largest absolute Gasteiger partial charge is 0.493 e. The van der Waals surface area contributed by atoms with Crippen LogP contribution in [0.2, 0.25) is 5.02 Å². The number of nitrogens with zero attached hydrogens (tertiary/aromatic N) is 1. The Labute approximate surface area is 125 Å². The van der Waals surface area contributed by atoms with Gasteiger partial charge in [0.05, 0.1) is 13.0 Å². The average Bonchev–Trinajstić information content (AvgIpc) is 2.42. The lowest BCUT2D eigenvalue weighted by atomic mass is 10.1. The fourth-order valence-electron chi connectivity index (χ4n) is 2.44. The van der Waals surface area contributed by atoms with Gasteiger partial charge >= 0.3 is 0 Å². The fourth-order valence-corrected chi connectivity index (χ4v) is 2.77. The van der Waals surface area contributed by atoms with Crippen molar-refractivity contribution in [1.29, 1.82) is 0 Å². The molecule has 1 aromatic rings. The summed E-state index contributed by atoms with van der Waals surface area (Å²) >= 11 is 5.99. The summed E-state index contributed by atoms with van der Waals surface area (Å²) in [5.41, 5.74) is 2.01. The number of piperazine rings is 1. The van der Waals surface area contributed by atoms with Crippen LogP contribution >= 0.6 is 11.6 Å². The molecule has 4 nitrogen and oxygen atoms in total. The van der Waals surface area contributed by atoms with Crippen molar-refractivity contribution < 1.29 is 9.53 Å². The van der Waals surface area contributed by atoms with E-state index in [-0.39, 0.29) is 5.91 Å². The highest BCUT2D eigenvalue weighted by molar-refractivity contribution is 6.30. The predicted molar refractivity (Wildman–Crippen MR) is 80.5 cm³/mol. The molecular weight excluding hydrogens is 276 g/mol. The third-order valence-electron chi connectivity index (χ3n) is 3.46. The highest BCUT2D eigenvalue weighted by atomic mass is 35.5. The minimum Gasteiger partial charge on any atom is -0.493 e. The lowest BCUT2D eigenvalue weighted by molar-refractivity contribution is -0.132. The zero-order valence-electron chi connectivity index (χ0n) is 12.0. The Morgan fingerprint density at radius 2 is 1.90 bits per heavy atom. The quantitative estimate of drug-likeness (QED) is 0.926. The van der Waals surface area contributed by atoms with E-state index in [9.17, 15) is 4.79 Å². The molecule has 0 atom stereocenters. The minimum absolute atomic E-state index is 0.163. The van der Waals surface area contributed by atoms with Gasteiger partial charge in [0.1, 0.15) is 5.75 Å². The molecule has 110 valence electrons. The zero-order valence-corrected chi connectivity index (χ0v) is 12.8.